The first-order chi connectivity index (χ1) is 10.6. The van der Waals surface area contributed by atoms with Crippen molar-refractivity contribution in [1.29, 1.82) is 0 Å². The smallest absolute Gasteiger partial charge is 0.269 e. The number of thioether (sulfide) groups is 1. The normalized spacial score (nSPS) is 11.5. The Morgan fingerprint density at radius 2 is 1.59 bits per heavy atom. The maximum absolute atomic E-state index is 12.0. The molecule has 0 saturated heterocycles. The minimum atomic E-state index is -0.332. The van der Waals surface area contributed by atoms with Crippen LogP contribution in [0.4, 0.5) is 0 Å². The van der Waals surface area contributed by atoms with Crippen LogP contribution in [0, 0.1) is 6.92 Å². The predicted octanol–water partition coefficient (Wildman–Crippen LogP) is 2.94. The van der Waals surface area contributed by atoms with Gasteiger partial charge in [0.25, 0.3) is 11.8 Å². The van der Waals surface area contributed by atoms with E-state index in [9.17, 15) is 9.59 Å². The first kappa shape index (κ1) is 16.1. The molecule has 0 heterocycles. The van der Waals surface area contributed by atoms with Gasteiger partial charge in [-0.3, -0.25) is 20.4 Å². The molecule has 5 heteroatoms. The molecule has 2 amide bonds. The zero-order valence-electron chi connectivity index (χ0n) is 12.5. The van der Waals surface area contributed by atoms with Gasteiger partial charge in [0.15, 0.2) is 0 Å². The molecule has 0 aliphatic carbocycles. The molecule has 22 heavy (non-hydrogen) atoms. The van der Waals surface area contributed by atoms with E-state index in [2.05, 4.69) is 10.9 Å². The van der Waals surface area contributed by atoms with Crippen molar-refractivity contribution >= 4 is 23.6 Å². The highest BCUT2D eigenvalue weighted by Crippen LogP contribution is 2.23. The van der Waals surface area contributed by atoms with Crippen molar-refractivity contribution in [1.82, 2.24) is 10.9 Å². The summed E-state index contributed by atoms with van der Waals surface area (Å²) in [7, 11) is 0. The van der Waals surface area contributed by atoms with E-state index in [-0.39, 0.29) is 17.1 Å². The number of hydrazine groups is 1. The fourth-order valence-electron chi connectivity index (χ4n) is 1.76. The summed E-state index contributed by atoms with van der Waals surface area (Å²) in [5.74, 6) is -0.573. The monoisotopic (exact) mass is 314 g/mol. The molecule has 0 radical (unpaired) electrons. The molecule has 1 atom stereocenters. The molecule has 2 rings (SSSR count). The molecule has 0 saturated carbocycles. The molecule has 2 N–H and O–H groups in total. The molecule has 2 aromatic carbocycles. The van der Waals surface area contributed by atoms with Gasteiger partial charge in [0.05, 0.1) is 5.25 Å². The third-order valence-electron chi connectivity index (χ3n) is 3.04. The summed E-state index contributed by atoms with van der Waals surface area (Å²) >= 11 is 1.44. The van der Waals surface area contributed by atoms with E-state index in [1.165, 1.54) is 17.3 Å². The van der Waals surface area contributed by atoms with Crippen molar-refractivity contribution in [2.24, 2.45) is 0 Å². The van der Waals surface area contributed by atoms with Crippen LogP contribution in [-0.4, -0.2) is 17.1 Å². The van der Waals surface area contributed by atoms with Gasteiger partial charge in [0.1, 0.15) is 0 Å². The highest BCUT2D eigenvalue weighted by atomic mass is 32.2. The van der Waals surface area contributed by atoms with Crippen molar-refractivity contribution < 1.29 is 9.59 Å². The van der Waals surface area contributed by atoms with E-state index in [0.717, 1.165) is 4.90 Å². The number of nitrogens with one attached hydrogen (secondary N) is 2. The number of amides is 2. The highest BCUT2D eigenvalue weighted by Gasteiger charge is 2.15. The SMILES string of the molecule is Cc1ccc(S[C@@H](C)C(=O)NNC(=O)c2ccccc2)cc1. The molecule has 4 nitrogen and oxygen atoms in total. The molecule has 2 aromatic rings. The van der Waals surface area contributed by atoms with Gasteiger partial charge in [0.2, 0.25) is 0 Å². The summed E-state index contributed by atoms with van der Waals surface area (Å²) < 4.78 is 0. The second kappa shape index (κ2) is 7.66. The maximum Gasteiger partial charge on any atom is 0.269 e. The Balaban J connectivity index is 1.84. The second-order valence-corrected chi connectivity index (χ2v) is 6.30. The fraction of sp³-hybridized carbons (Fsp3) is 0.176. The second-order valence-electron chi connectivity index (χ2n) is 4.88. The van der Waals surface area contributed by atoms with E-state index in [1.807, 2.05) is 37.3 Å². The number of benzene rings is 2. The first-order valence-electron chi connectivity index (χ1n) is 6.95. The lowest BCUT2D eigenvalue weighted by molar-refractivity contribution is -0.121. The summed E-state index contributed by atoms with van der Waals surface area (Å²) in [5, 5.41) is -0.307. The number of hydrogen-bond donors (Lipinski definition) is 2. The van der Waals surface area contributed by atoms with E-state index in [4.69, 9.17) is 0 Å². The van der Waals surface area contributed by atoms with Crippen LogP contribution in [0.1, 0.15) is 22.8 Å². The van der Waals surface area contributed by atoms with Crippen LogP contribution >= 0.6 is 11.8 Å². The Morgan fingerprint density at radius 3 is 2.23 bits per heavy atom. The van der Waals surface area contributed by atoms with Crippen LogP contribution in [-0.2, 0) is 4.79 Å². The Hall–Kier alpha value is -2.27. The third-order valence-corrected chi connectivity index (χ3v) is 4.15. The van der Waals surface area contributed by atoms with Crippen molar-refractivity contribution in [3.63, 3.8) is 0 Å². The minimum Gasteiger partial charge on any atom is -0.272 e. The summed E-state index contributed by atoms with van der Waals surface area (Å²) in [4.78, 5) is 24.9. The zero-order valence-corrected chi connectivity index (χ0v) is 13.3. The van der Waals surface area contributed by atoms with E-state index < -0.39 is 0 Å². The molecular weight excluding hydrogens is 296 g/mol. The summed E-state index contributed by atoms with van der Waals surface area (Å²) in [6.07, 6.45) is 0. The molecule has 0 spiro atoms. The predicted molar refractivity (Wildman–Crippen MR) is 88.5 cm³/mol. The Kier molecular flexibility index (Phi) is 5.61. The average Bonchev–Trinajstić information content (AvgIpc) is 2.55. The Bertz CT molecular complexity index is 641. The number of carbonyl (C=O) groups excluding carboxylic acids is 2. The van der Waals surface area contributed by atoms with Crippen molar-refractivity contribution in [3.8, 4) is 0 Å². The Morgan fingerprint density at radius 1 is 0.955 bits per heavy atom. The highest BCUT2D eigenvalue weighted by molar-refractivity contribution is 8.00. The van der Waals surface area contributed by atoms with Gasteiger partial charge in [-0.25, -0.2) is 0 Å². The first-order valence-corrected chi connectivity index (χ1v) is 7.83. The van der Waals surface area contributed by atoms with Crippen LogP contribution in [0.2, 0.25) is 0 Å². The number of carbonyl (C=O) groups is 2. The van der Waals surface area contributed by atoms with Crippen LogP contribution in [0.3, 0.4) is 0 Å². The van der Waals surface area contributed by atoms with Gasteiger partial charge in [-0.05, 0) is 38.1 Å². The minimum absolute atomic E-state index is 0.241. The van der Waals surface area contributed by atoms with Gasteiger partial charge in [-0.15, -0.1) is 11.8 Å². The topological polar surface area (TPSA) is 58.2 Å². The lowest BCUT2D eigenvalue weighted by atomic mass is 10.2. The zero-order chi connectivity index (χ0) is 15.9. The average molecular weight is 314 g/mol. The van der Waals surface area contributed by atoms with Crippen molar-refractivity contribution in [2.45, 2.75) is 24.0 Å². The molecule has 0 unspecified atom stereocenters. The number of rotatable bonds is 4. The summed E-state index contributed by atoms with van der Waals surface area (Å²) in [5.41, 5.74) is 6.55. The van der Waals surface area contributed by atoms with E-state index in [0.29, 0.717) is 5.56 Å². The largest absolute Gasteiger partial charge is 0.272 e. The molecule has 0 aromatic heterocycles. The van der Waals surface area contributed by atoms with Gasteiger partial charge >= 0.3 is 0 Å². The van der Waals surface area contributed by atoms with Crippen molar-refractivity contribution in [3.05, 3.63) is 65.7 Å². The fourth-order valence-corrected chi connectivity index (χ4v) is 2.62. The van der Waals surface area contributed by atoms with E-state index in [1.54, 1.807) is 31.2 Å². The quantitative estimate of drug-likeness (QED) is 0.674. The summed E-state index contributed by atoms with van der Waals surface area (Å²) in [6.45, 7) is 3.82. The van der Waals surface area contributed by atoms with Crippen LogP contribution in [0.5, 0.6) is 0 Å². The summed E-state index contributed by atoms with van der Waals surface area (Å²) in [6, 6.07) is 16.7. The lowest BCUT2D eigenvalue weighted by Crippen LogP contribution is -2.44. The van der Waals surface area contributed by atoms with Crippen LogP contribution in [0.15, 0.2) is 59.5 Å². The number of hydrogen-bond acceptors (Lipinski definition) is 3. The third kappa shape index (κ3) is 4.63. The molecular formula is C17H18N2O2S. The van der Waals surface area contributed by atoms with Crippen LogP contribution < -0.4 is 10.9 Å². The van der Waals surface area contributed by atoms with Gasteiger partial charge in [0, 0.05) is 10.5 Å². The molecule has 114 valence electrons. The number of aryl methyl sites for hydroxylation is 1. The van der Waals surface area contributed by atoms with Crippen LogP contribution in [0.25, 0.3) is 0 Å². The van der Waals surface area contributed by atoms with Gasteiger partial charge in [-0.1, -0.05) is 35.9 Å². The van der Waals surface area contributed by atoms with E-state index >= 15 is 0 Å². The maximum atomic E-state index is 12.0. The molecule has 0 aliphatic heterocycles. The Labute approximate surface area is 134 Å². The molecule has 0 aliphatic rings. The van der Waals surface area contributed by atoms with Crippen molar-refractivity contribution in [2.75, 3.05) is 0 Å². The van der Waals surface area contributed by atoms with Gasteiger partial charge < -0.3 is 0 Å². The molecule has 0 fully saturated rings. The van der Waals surface area contributed by atoms with Gasteiger partial charge in [-0.2, -0.15) is 0 Å². The standard InChI is InChI=1S/C17H18N2O2S/c1-12-8-10-15(11-9-12)22-13(2)16(20)18-19-17(21)14-6-4-3-5-7-14/h3-11,13H,1-2H3,(H,18,20)(H,19,21)/t13-/m0/s1. The lowest BCUT2D eigenvalue weighted by Gasteiger charge is -2.13. The molecule has 0 bridgehead atoms.